The maximum atomic E-state index is 2.39. The van der Waals surface area contributed by atoms with Crippen LogP contribution in [0.3, 0.4) is 0 Å². The first-order valence-corrected chi connectivity index (χ1v) is 11.6. The van der Waals surface area contributed by atoms with Gasteiger partial charge in [-0.1, -0.05) is 0 Å². The van der Waals surface area contributed by atoms with Crippen LogP contribution < -0.4 is 24.8 Å². The fourth-order valence-electron chi connectivity index (χ4n) is 4.35. The van der Waals surface area contributed by atoms with Crippen molar-refractivity contribution in [1.29, 1.82) is 0 Å². The van der Waals surface area contributed by atoms with Crippen LogP contribution in [0.15, 0.2) is 81.3 Å². The Kier molecular flexibility index (Phi) is 12.4. The molecule has 3 rings (SSSR count). The van der Waals surface area contributed by atoms with Crippen LogP contribution in [0.2, 0.25) is 0 Å². The maximum Gasteiger partial charge on any atom is -1.00 e. The average Bonchev–Trinajstić information content (AvgIpc) is 3.02. The van der Waals surface area contributed by atoms with Gasteiger partial charge >= 0.3 is 190 Å². The number of benzene rings is 2. The minimum absolute atomic E-state index is 0. The normalized spacial score (nSPS) is 15.6. The monoisotopic (exact) mass is 490 g/mol. The molecule has 2 aromatic carbocycles. The van der Waals surface area contributed by atoms with E-state index in [0.29, 0.717) is 11.8 Å². The molecule has 0 bridgehead atoms. The van der Waals surface area contributed by atoms with Crippen molar-refractivity contribution in [3.8, 4) is 0 Å². The van der Waals surface area contributed by atoms with Crippen molar-refractivity contribution in [1.82, 2.24) is 4.90 Å². The van der Waals surface area contributed by atoms with Crippen LogP contribution in [0.25, 0.3) is 0 Å². The van der Waals surface area contributed by atoms with E-state index in [1.807, 2.05) is 0 Å². The number of allylic oxidation sites excluding steroid dienone is 3. The van der Waals surface area contributed by atoms with Gasteiger partial charge < -0.3 is 24.8 Å². The van der Waals surface area contributed by atoms with Crippen molar-refractivity contribution in [3.63, 3.8) is 0 Å². The number of hydrogen-bond donors (Lipinski definition) is 0. The number of halogens is 2. The predicted molar refractivity (Wildman–Crippen MR) is 121 cm³/mol. The molecule has 1 aliphatic rings. The Labute approximate surface area is 213 Å². The largest absolute Gasteiger partial charge is 1.00 e. The van der Waals surface area contributed by atoms with Crippen LogP contribution in [-0.4, -0.2) is 25.5 Å². The molecule has 2 aromatic rings. The first-order valence-electron chi connectivity index (χ1n) is 10.8. The van der Waals surface area contributed by atoms with Gasteiger partial charge in [0.1, 0.15) is 0 Å². The van der Waals surface area contributed by atoms with Gasteiger partial charge in [-0.25, -0.2) is 0 Å². The summed E-state index contributed by atoms with van der Waals surface area (Å²) in [7, 11) is 4.36. The fourth-order valence-corrected chi connectivity index (χ4v) is 5.07. The van der Waals surface area contributed by atoms with Crippen LogP contribution in [-0.2, 0) is 20.4 Å². The third kappa shape index (κ3) is 7.91. The van der Waals surface area contributed by atoms with Gasteiger partial charge in [-0.3, -0.25) is 0 Å². The standard InChI is InChI=1S/C27H34N.2ClH.Ti/c1-21(23-11-7-5-8-12-23)19-26-16-15-25(17-18-28(3)4)27(26)20-22(2)24-13-9-6-10-14-24;;;/h5-14,21-22H,15,17-20H2,1-4H3;2*1H;/q;;;+2/p-2. The molecule has 1 aliphatic carbocycles. The number of hydrogen-bond acceptors (Lipinski definition) is 1. The molecule has 0 aliphatic heterocycles. The first-order chi connectivity index (χ1) is 14.0. The van der Waals surface area contributed by atoms with E-state index in [9.17, 15) is 0 Å². The summed E-state index contributed by atoms with van der Waals surface area (Å²) in [5.74, 6) is 1.10. The minimum atomic E-state index is 0. The molecular formula is C27H34Cl2NTi. The molecule has 165 valence electrons. The number of nitrogens with zero attached hydrogens (tertiary/aromatic N) is 1. The van der Waals surface area contributed by atoms with Gasteiger partial charge in [-0.2, -0.15) is 0 Å². The molecule has 0 spiro atoms. The van der Waals surface area contributed by atoms with Gasteiger partial charge in [0.15, 0.2) is 0 Å². The average molecular weight is 491 g/mol. The molecular weight excluding hydrogens is 457 g/mol. The minimum Gasteiger partial charge on any atom is -1.00 e. The Morgan fingerprint density at radius 2 is 1.23 bits per heavy atom. The molecule has 1 nitrogen and oxygen atoms in total. The molecule has 0 radical (unpaired) electrons. The molecule has 0 N–H and O–H groups in total. The quantitative estimate of drug-likeness (QED) is 0.471. The van der Waals surface area contributed by atoms with Crippen molar-refractivity contribution in [2.45, 2.75) is 51.4 Å². The van der Waals surface area contributed by atoms with Crippen LogP contribution in [0.5, 0.6) is 0 Å². The zero-order chi connectivity index (χ0) is 20.8. The second-order valence-corrected chi connectivity index (χ2v) is 9.74. The van der Waals surface area contributed by atoms with Crippen LogP contribution in [0, 0.1) is 0 Å². The Bertz CT molecular complexity index is 859. The topological polar surface area (TPSA) is 3.24 Å². The van der Waals surface area contributed by atoms with Crippen LogP contribution in [0.4, 0.5) is 0 Å². The molecule has 2 atom stereocenters. The third-order valence-corrected chi connectivity index (χ3v) is 6.91. The van der Waals surface area contributed by atoms with Crippen LogP contribution in [0.1, 0.15) is 62.5 Å². The summed E-state index contributed by atoms with van der Waals surface area (Å²) < 4.78 is 1.59. The molecule has 0 saturated heterocycles. The summed E-state index contributed by atoms with van der Waals surface area (Å²) in [4.78, 5) is 2.31. The van der Waals surface area contributed by atoms with Gasteiger partial charge in [0.25, 0.3) is 0 Å². The van der Waals surface area contributed by atoms with Crippen molar-refractivity contribution >= 4 is 0 Å². The summed E-state index contributed by atoms with van der Waals surface area (Å²) in [6.45, 7) is 5.90. The summed E-state index contributed by atoms with van der Waals surface area (Å²) in [6.07, 6.45) is 4.66. The van der Waals surface area contributed by atoms with E-state index in [0.717, 1.165) is 19.4 Å². The van der Waals surface area contributed by atoms with E-state index in [1.165, 1.54) is 24.0 Å². The molecule has 0 heterocycles. The van der Waals surface area contributed by atoms with Crippen LogP contribution >= 0.6 is 0 Å². The Morgan fingerprint density at radius 1 is 0.774 bits per heavy atom. The summed E-state index contributed by atoms with van der Waals surface area (Å²) in [6, 6.07) is 22.0. The summed E-state index contributed by atoms with van der Waals surface area (Å²) in [5.41, 5.74) is 7.87. The molecule has 31 heavy (non-hydrogen) atoms. The van der Waals surface area contributed by atoms with E-state index in [2.05, 4.69) is 114 Å². The molecule has 0 aromatic heterocycles. The van der Waals surface area contributed by atoms with Crippen molar-refractivity contribution in [2.75, 3.05) is 20.6 Å². The van der Waals surface area contributed by atoms with E-state index in [1.54, 1.807) is 20.6 Å². The van der Waals surface area contributed by atoms with Gasteiger partial charge in [0.05, 0.1) is 0 Å². The first kappa shape index (κ1) is 28.2. The van der Waals surface area contributed by atoms with Gasteiger partial charge in [-0.05, 0) is 0 Å². The molecule has 4 heteroatoms. The van der Waals surface area contributed by atoms with Gasteiger partial charge in [0, 0.05) is 0 Å². The van der Waals surface area contributed by atoms with E-state index < -0.39 is 0 Å². The van der Waals surface area contributed by atoms with Crippen molar-refractivity contribution in [2.24, 2.45) is 0 Å². The Hall–Kier alpha value is -0.826. The van der Waals surface area contributed by atoms with Crippen molar-refractivity contribution < 1.29 is 45.2 Å². The SMILES string of the molecule is CC(CC1=[C]([Ti+2])CC(CCN(C)C)=C1CC(C)c1ccccc1)c1ccccc1.[Cl-].[Cl-]. The van der Waals surface area contributed by atoms with E-state index >= 15 is 0 Å². The van der Waals surface area contributed by atoms with E-state index in [-0.39, 0.29) is 24.8 Å². The third-order valence-electron chi connectivity index (χ3n) is 6.16. The Morgan fingerprint density at radius 3 is 1.68 bits per heavy atom. The molecule has 2 unspecified atom stereocenters. The van der Waals surface area contributed by atoms with Gasteiger partial charge in [0.2, 0.25) is 0 Å². The predicted octanol–water partition coefficient (Wildman–Crippen LogP) is 0.835. The summed E-state index contributed by atoms with van der Waals surface area (Å²) in [5, 5.41) is 0. The van der Waals surface area contributed by atoms with E-state index in [4.69, 9.17) is 0 Å². The molecule has 0 fully saturated rings. The maximum absolute atomic E-state index is 2.39. The summed E-state index contributed by atoms with van der Waals surface area (Å²) >= 11 is 2.36. The zero-order valence-electron chi connectivity index (χ0n) is 19.2. The molecule has 0 saturated carbocycles. The second kappa shape index (κ2) is 13.7. The zero-order valence-corrected chi connectivity index (χ0v) is 22.2. The van der Waals surface area contributed by atoms with Crippen molar-refractivity contribution in [3.05, 3.63) is 92.4 Å². The Balaban J connectivity index is 0.00000240. The molecule has 0 amide bonds. The second-order valence-electron chi connectivity index (χ2n) is 8.80. The smallest absolute Gasteiger partial charge is 1.00 e. The van der Waals surface area contributed by atoms with Gasteiger partial charge in [-0.15, -0.1) is 0 Å². The fraction of sp³-hybridized carbons (Fsp3) is 0.407. The number of rotatable bonds is 9.